The van der Waals surface area contributed by atoms with Crippen molar-refractivity contribution in [2.45, 2.75) is 47.1 Å². The van der Waals surface area contributed by atoms with Gasteiger partial charge < -0.3 is 19.7 Å². The van der Waals surface area contributed by atoms with E-state index >= 15 is 0 Å². The van der Waals surface area contributed by atoms with Gasteiger partial charge in [0, 0.05) is 31.4 Å². The van der Waals surface area contributed by atoms with Crippen LogP contribution < -0.4 is 19.7 Å². The molecule has 0 spiro atoms. The number of methoxy groups -OCH3 is 1. The molecular weight excluding hydrogens is 364 g/mol. The van der Waals surface area contributed by atoms with Gasteiger partial charge in [-0.25, -0.2) is 4.98 Å². The van der Waals surface area contributed by atoms with Crippen LogP contribution in [0.4, 0.5) is 5.95 Å². The number of benzene rings is 1. The van der Waals surface area contributed by atoms with E-state index in [9.17, 15) is 0 Å². The minimum Gasteiger partial charge on any atom is -0.497 e. The fourth-order valence-electron chi connectivity index (χ4n) is 3.44. The maximum absolute atomic E-state index is 5.98. The molecule has 1 fully saturated rings. The van der Waals surface area contributed by atoms with Crippen LogP contribution in [0.2, 0.25) is 0 Å². The second-order valence-electron chi connectivity index (χ2n) is 7.62. The summed E-state index contributed by atoms with van der Waals surface area (Å²) in [6.07, 6.45) is 4.12. The quantitative estimate of drug-likeness (QED) is 0.751. The zero-order chi connectivity index (χ0) is 21.3. The monoisotopic (exact) mass is 400 g/mol. The largest absolute Gasteiger partial charge is 0.497 e. The Labute approximate surface area is 175 Å². The molecule has 0 unspecified atom stereocenters. The first-order chi connectivity index (χ1) is 14.0. The van der Waals surface area contributed by atoms with E-state index in [4.69, 9.17) is 14.5 Å². The molecule has 0 atom stereocenters. The molecule has 6 heteroatoms. The molecule has 0 bridgehead atoms. The normalized spacial score (nSPS) is 15.3. The maximum atomic E-state index is 5.98. The highest BCUT2D eigenvalue weighted by Gasteiger charge is 2.30. The number of ether oxygens (including phenoxy) is 2. The Bertz CT molecular complexity index is 741. The van der Waals surface area contributed by atoms with E-state index in [1.807, 2.05) is 58.3 Å². The first-order valence-electron chi connectivity index (χ1n) is 10.5. The van der Waals surface area contributed by atoms with Crippen molar-refractivity contribution in [1.82, 2.24) is 15.3 Å². The van der Waals surface area contributed by atoms with Crippen molar-refractivity contribution in [2.24, 2.45) is 5.41 Å². The molecule has 0 aliphatic carbocycles. The van der Waals surface area contributed by atoms with E-state index in [2.05, 4.69) is 22.1 Å². The van der Waals surface area contributed by atoms with Gasteiger partial charge in [0.05, 0.1) is 7.11 Å². The molecule has 2 heterocycles. The van der Waals surface area contributed by atoms with Crippen LogP contribution in [0.1, 0.15) is 44.7 Å². The zero-order valence-corrected chi connectivity index (χ0v) is 18.8. The molecule has 1 aliphatic rings. The SMILES string of the molecule is CC.CNCC1(C)CCN(c2ncc(C)c(OCc3ccc(OC)cc3)n2)CC1. The van der Waals surface area contributed by atoms with Gasteiger partial charge in [-0.3, -0.25) is 0 Å². The topological polar surface area (TPSA) is 59.5 Å². The molecule has 1 N–H and O–H groups in total. The van der Waals surface area contributed by atoms with Gasteiger partial charge in [0.2, 0.25) is 11.8 Å². The smallest absolute Gasteiger partial charge is 0.228 e. The molecule has 160 valence electrons. The van der Waals surface area contributed by atoms with Gasteiger partial charge in [-0.1, -0.05) is 32.9 Å². The molecule has 0 amide bonds. The van der Waals surface area contributed by atoms with E-state index in [0.717, 1.165) is 55.3 Å². The third kappa shape index (κ3) is 6.32. The van der Waals surface area contributed by atoms with Crippen molar-refractivity contribution in [3.63, 3.8) is 0 Å². The van der Waals surface area contributed by atoms with Crippen LogP contribution in [-0.4, -0.2) is 43.8 Å². The van der Waals surface area contributed by atoms with Gasteiger partial charge in [-0.05, 0) is 49.9 Å². The summed E-state index contributed by atoms with van der Waals surface area (Å²) in [6.45, 7) is 11.8. The summed E-state index contributed by atoms with van der Waals surface area (Å²) in [5.41, 5.74) is 2.38. The van der Waals surface area contributed by atoms with Crippen molar-refractivity contribution in [1.29, 1.82) is 0 Å². The van der Waals surface area contributed by atoms with Crippen LogP contribution in [0.15, 0.2) is 30.5 Å². The first kappa shape index (κ1) is 22.9. The maximum Gasteiger partial charge on any atom is 0.228 e. The highest BCUT2D eigenvalue weighted by atomic mass is 16.5. The van der Waals surface area contributed by atoms with Crippen LogP contribution in [-0.2, 0) is 6.61 Å². The fraction of sp³-hybridized carbons (Fsp3) is 0.565. The summed E-state index contributed by atoms with van der Waals surface area (Å²) in [6, 6.07) is 7.88. The second-order valence-corrected chi connectivity index (χ2v) is 7.62. The van der Waals surface area contributed by atoms with Crippen molar-refractivity contribution in [2.75, 3.05) is 38.7 Å². The highest BCUT2D eigenvalue weighted by molar-refractivity contribution is 5.36. The lowest BCUT2D eigenvalue weighted by atomic mass is 9.80. The van der Waals surface area contributed by atoms with Gasteiger partial charge in [0.25, 0.3) is 0 Å². The Kier molecular flexibility index (Phi) is 8.70. The number of hydrogen-bond acceptors (Lipinski definition) is 6. The van der Waals surface area contributed by atoms with Gasteiger partial charge in [0.15, 0.2) is 0 Å². The predicted molar refractivity (Wildman–Crippen MR) is 119 cm³/mol. The lowest BCUT2D eigenvalue weighted by Crippen LogP contribution is -2.43. The molecule has 0 radical (unpaired) electrons. The van der Waals surface area contributed by atoms with Crippen LogP contribution >= 0.6 is 0 Å². The van der Waals surface area contributed by atoms with Crippen molar-refractivity contribution in [3.8, 4) is 11.6 Å². The number of rotatable bonds is 7. The summed E-state index contributed by atoms with van der Waals surface area (Å²) >= 11 is 0. The lowest BCUT2D eigenvalue weighted by Gasteiger charge is -2.39. The summed E-state index contributed by atoms with van der Waals surface area (Å²) in [4.78, 5) is 11.5. The number of anilines is 1. The summed E-state index contributed by atoms with van der Waals surface area (Å²) in [7, 11) is 3.69. The van der Waals surface area contributed by atoms with E-state index in [1.165, 1.54) is 0 Å². The van der Waals surface area contributed by atoms with Crippen LogP contribution in [0.25, 0.3) is 0 Å². The standard InChI is InChI=1S/C21H30N4O2.C2H6/c1-16-13-23-20(25-11-9-21(2,10-12-25)15-22-3)24-19(16)27-14-17-5-7-18(26-4)8-6-17;1-2/h5-8,13,22H,9-12,14-15H2,1-4H3;1-2H3. The molecule has 6 nitrogen and oxygen atoms in total. The molecule has 3 rings (SSSR count). The summed E-state index contributed by atoms with van der Waals surface area (Å²) < 4.78 is 11.2. The second kappa shape index (κ2) is 11.0. The summed E-state index contributed by atoms with van der Waals surface area (Å²) in [5.74, 6) is 2.26. The van der Waals surface area contributed by atoms with Crippen LogP contribution in [0, 0.1) is 12.3 Å². The third-order valence-corrected chi connectivity index (χ3v) is 5.30. The van der Waals surface area contributed by atoms with Gasteiger partial charge in [-0.2, -0.15) is 4.98 Å². The zero-order valence-electron chi connectivity index (χ0n) is 18.8. The number of hydrogen-bond donors (Lipinski definition) is 1. The molecule has 1 aromatic heterocycles. The van der Waals surface area contributed by atoms with Crippen LogP contribution in [0.3, 0.4) is 0 Å². The third-order valence-electron chi connectivity index (χ3n) is 5.30. The van der Waals surface area contributed by atoms with Crippen molar-refractivity contribution < 1.29 is 9.47 Å². The highest BCUT2D eigenvalue weighted by Crippen LogP contribution is 2.32. The average Bonchev–Trinajstić information content (AvgIpc) is 2.76. The van der Waals surface area contributed by atoms with E-state index in [1.54, 1.807) is 7.11 Å². The molecular formula is C23H36N4O2. The number of aryl methyl sites for hydroxylation is 1. The van der Waals surface area contributed by atoms with Gasteiger partial charge >= 0.3 is 0 Å². The Balaban J connectivity index is 0.00000145. The average molecular weight is 401 g/mol. The van der Waals surface area contributed by atoms with Crippen LogP contribution in [0.5, 0.6) is 11.6 Å². The minimum absolute atomic E-state index is 0.351. The Morgan fingerprint density at radius 2 is 1.79 bits per heavy atom. The number of piperidine rings is 1. The van der Waals surface area contributed by atoms with E-state index in [0.29, 0.717) is 17.9 Å². The predicted octanol–water partition coefficient (Wildman–Crippen LogP) is 4.22. The Morgan fingerprint density at radius 1 is 1.14 bits per heavy atom. The molecule has 1 aliphatic heterocycles. The molecule has 29 heavy (non-hydrogen) atoms. The fourth-order valence-corrected chi connectivity index (χ4v) is 3.44. The summed E-state index contributed by atoms with van der Waals surface area (Å²) in [5, 5.41) is 3.31. The van der Waals surface area contributed by atoms with E-state index in [-0.39, 0.29) is 0 Å². The Morgan fingerprint density at radius 3 is 2.38 bits per heavy atom. The number of nitrogens with one attached hydrogen (secondary N) is 1. The first-order valence-corrected chi connectivity index (χ1v) is 10.5. The molecule has 0 saturated carbocycles. The minimum atomic E-state index is 0.351. The van der Waals surface area contributed by atoms with E-state index < -0.39 is 0 Å². The molecule has 1 aromatic carbocycles. The molecule has 1 saturated heterocycles. The number of aromatic nitrogens is 2. The number of nitrogens with zero attached hydrogens (tertiary/aromatic N) is 3. The lowest BCUT2D eigenvalue weighted by molar-refractivity contribution is 0.241. The molecule has 2 aromatic rings. The van der Waals surface area contributed by atoms with Crippen molar-refractivity contribution >= 4 is 5.95 Å². The van der Waals surface area contributed by atoms with Gasteiger partial charge in [0.1, 0.15) is 12.4 Å². The van der Waals surface area contributed by atoms with Gasteiger partial charge in [-0.15, -0.1) is 0 Å². The Hall–Kier alpha value is -2.34. The van der Waals surface area contributed by atoms with Crippen molar-refractivity contribution in [3.05, 3.63) is 41.6 Å².